The lowest BCUT2D eigenvalue weighted by molar-refractivity contribution is -0.100. The highest BCUT2D eigenvalue weighted by molar-refractivity contribution is 9.10. The Bertz CT molecular complexity index is 513. The maximum absolute atomic E-state index is 13.5. The van der Waals surface area contributed by atoms with Crippen molar-refractivity contribution in [2.75, 3.05) is 19.8 Å². The number of halogens is 2. The van der Waals surface area contributed by atoms with Crippen LogP contribution in [-0.4, -0.2) is 42.9 Å². The first kappa shape index (κ1) is 14.9. The Morgan fingerprint density at radius 3 is 2.71 bits per heavy atom. The molecule has 4 nitrogen and oxygen atoms in total. The molecular formula is C15H17BrFNO3. The molecule has 6 heteroatoms. The van der Waals surface area contributed by atoms with Gasteiger partial charge in [0, 0.05) is 16.6 Å². The van der Waals surface area contributed by atoms with Gasteiger partial charge in [-0.25, -0.2) is 4.39 Å². The van der Waals surface area contributed by atoms with E-state index in [0.29, 0.717) is 29.8 Å². The second-order valence-corrected chi connectivity index (χ2v) is 6.25. The van der Waals surface area contributed by atoms with Crippen LogP contribution in [0.15, 0.2) is 22.7 Å². The minimum Gasteiger partial charge on any atom is -0.348 e. The van der Waals surface area contributed by atoms with Crippen molar-refractivity contribution in [1.29, 1.82) is 0 Å². The molecule has 0 aromatic heterocycles. The third kappa shape index (κ3) is 3.27. The number of carbonyl (C=O) groups is 1. The SMILES string of the molecule is O=C(c1cc(F)cc(Br)c1)N1CCCCC1C1OCCO1. The zero-order valence-electron chi connectivity index (χ0n) is 11.6. The maximum atomic E-state index is 13.5. The summed E-state index contributed by atoms with van der Waals surface area (Å²) < 4.78 is 25.2. The molecule has 0 N–H and O–H groups in total. The molecule has 2 aliphatic heterocycles. The number of ether oxygens (including phenoxy) is 2. The van der Waals surface area contributed by atoms with Crippen molar-refractivity contribution < 1.29 is 18.7 Å². The van der Waals surface area contributed by atoms with Gasteiger partial charge in [-0.2, -0.15) is 0 Å². The minimum absolute atomic E-state index is 0.0872. The average molecular weight is 358 g/mol. The number of hydrogen-bond acceptors (Lipinski definition) is 3. The first-order chi connectivity index (χ1) is 10.1. The molecule has 2 fully saturated rings. The molecule has 0 aliphatic carbocycles. The largest absolute Gasteiger partial charge is 0.348 e. The molecule has 0 bridgehead atoms. The molecular weight excluding hydrogens is 341 g/mol. The predicted octanol–water partition coefficient (Wildman–Crippen LogP) is 2.96. The molecule has 0 spiro atoms. The molecule has 1 amide bonds. The fourth-order valence-electron chi connectivity index (χ4n) is 2.93. The van der Waals surface area contributed by atoms with Gasteiger partial charge in [-0.3, -0.25) is 4.79 Å². The molecule has 114 valence electrons. The highest BCUT2D eigenvalue weighted by Gasteiger charge is 2.36. The first-order valence-corrected chi connectivity index (χ1v) is 7.95. The van der Waals surface area contributed by atoms with Gasteiger partial charge in [0.1, 0.15) is 5.82 Å². The summed E-state index contributed by atoms with van der Waals surface area (Å²) in [5.74, 6) is -0.589. The predicted molar refractivity (Wildman–Crippen MR) is 78.5 cm³/mol. The van der Waals surface area contributed by atoms with E-state index in [1.807, 2.05) is 0 Å². The van der Waals surface area contributed by atoms with Crippen LogP contribution in [0.3, 0.4) is 0 Å². The van der Waals surface area contributed by atoms with Gasteiger partial charge >= 0.3 is 0 Å². The van der Waals surface area contributed by atoms with Crippen molar-refractivity contribution >= 4 is 21.8 Å². The third-order valence-electron chi connectivity index (χ3n) is 3.88. The quantitative estimate of drug-likeness (QED) is 0.816. The molecule has 1 aromatic rings. The van der Waals surface area contributed by atoms with E-state index in [0.717, 1.165) is 19.3 Å². The summed E-state index contributed by atoms with van der Waals surface area (Å²) in [6.07, 6.45) is 2.49. The Labute approximate surface area is 131 Å². The highest BCUT2D eigenvalue weighted by atomic mass is 79.9. The van der Waals surface area contributed by atoms with Crippen LogP contribution < -0.4 is 0 Å². The van der Waals surface area contributed by atoms with Crippen molar-refractivity contribution in [3.8, 4) is 0 Å². The van der Waals surface area contributed by atoms with Gasteiger partial charge in [0.15, 0.2) is 6.29 Å². The fraction of sp³-hybridized carbons (Fsp3) is 0.533. The van der Waals surface area contributed by atoms with Crippen LogP contribution in [0.1, 0.15) is 29.6 Å². The van der Waals surface area contributed by atoms with Gasteiger partial charge in [0.2, 0.25) is 0 Å². The van der Waals surface area contributed by atoms with E-state index in [2.05, 4.69) is 15.9 Å². The summed E-state index contributed by atoms with van der Waals surface area (Å²) in [7, 11) is 0. The number of likely N-dealkylation sites (tertiary alicyclic amines) is 1. The second kappa shape index (κ2) is 6.42. The van der Waals surface area contributed by atoms with Crippen LogP contribution in [-0.2, 0) is 9.47 Å². The summed E-state index contributed by atoms with van der Waals surface area (Å²) in [5, 5.41) is 0. The third-order valence-corrected chi connectivity index (χ3v) is 4.34. The number of benzene rings is 1. The molecule has 2 saturated heterocycles. The molecule has 21 heavy (non-hydrogen) atoms. The van der Waals surface area contributed by atoms with Crippen LogP contribution in [0.5, 0.6) is 0 Å². The average Bonchev–Trinajstić information content (AvgIpc) is 2.99. The van der Waals surface area contributed by atoms with Crippen molar-refractivity contribution in [3.05, 3.63) is 34.1 Å². The zero-order chi connectivity index (χ0) is 14.8. The lowest BCUT2D eigenvalue weighted by Gasteiger charge is -2.38. The minimum atomic E-state index is -0.422. The Balaban J connectivity index is 1.83. The van der Waals surface area contributed by atoms with Crippen LogP contribution in [0, 0.1) is 5.82 Å². The zero-order valence-corrected chi connectivity index (χ0v) is 13.1. The summed E-state index contributed by atoms with van der Waals surface area (Å²) >= 11 is 3.23. The van der Waals surface area contributed by atoms with Gasteiger partial charge in [-0.15, -0.1) is 0 Å². The summed E-state index contributed by atoms with van der Waals surface area (Å²) in [6, 6.07) is 4.17. The van der Waals surface area contributed by atoms with Crippen LogP contribution in [0.25, 0.3) is 0 Å². The molecule has 1 atom stereocenters. The van der Waals surface area contributed by atoms with Crippen molar-refractivity contribution in [3.63, 3.8) is 0 Å². The van der Waals surface area contributed by atoms with Crippen molar-refractivity contribution in [2.45, 2.75) is 31.6 Å². The lowest BCUT2D eigenvalue weighted by Crippen LogP contribution is -2.50. The van der Waals surface area contributed by atoms with Gasteiger partial charge in [0.25, 0.3) is 5.91 Å². The number of carbonyl (C=O) groups excluding carboxylic acids is 1. The van der Waals surface area contributed by atoms with Crippen LogP contribution in [0.4, 0.5) is 4.39 Å². The van der Waals surface area contributed by atoms with Crippen molar-refractivity contribution in [1.82, 2.24) is 4.90 Å². The summed E-state index contributed by atoms with van der Waals surface area (Å²) in [4.78, 5) is 14.5. The van der Waals surface area contributed by atoms with E-state index < -0.39 is 5.82 Å². The van der Waals surface area contributed by atoms with Gasteiger partial charge < -0.3 is 14.4 Å². The molecule has 0 saturated carbocycles. The van der Waals surface area contributed by atoms with E-state index in [1.54, 1.807) is 11.0 Å². The Hall–Kier alpha value is -0.980. The lowest BCUT2D eigenvalue weighted by atomic mass is 10.00. The topological polar surface area (TPSA) is 38.8 Å². The van der Waals surface area contributed by atoms with Crippen LogP contribution >= 0.6 is 15.9 Å². The van der Waals surface area contributed by atoms with Gasteiger partial charge in [-0.05, 0) is 37.5 Å². The van der Waals surface area contributed by atoms with Gasteiger partial charge in [0.05, 0.1) is 19.3 Å². The second-order valence-electron chi connectivity index (χ2n) is 5.33. The fourth-order valence-corrected chi connectivity index (χ4v) is 3.40. The number of nitrogens with zero attached hydrogens (tertiary/aromatic N) is 1. The molecule has 1 aromatic carbocycles. The van der Waals surface area contributed by atoms with E-state index in [4.69, 9.17) is 9.47 Å². The van der Waals surface area contributed by atoms with Crippen molar-refractivity contribution in [2.24, 2.45) is 0 Å². The van der Waals surface area contributed by atoms with E-state index in [1.165, 1.54) is 12.1 Å². The standard InChI is InChI=1S/C15H17BrFNO3/c16-11-7-10(8-12(17)9-11)14(19)18-4-2-1-3-13(18)15-20-5-6-21-15/h7-9,13,15H,1-6H2. The molecule has 3 rings (SSSR count). The number of rotatable bonds is 2. The van der Waals surface area contributed by atoms with E-state index >= 15 is 0 Å². The normalized spacial score (nSPS) is 23.5. The van der Waals surface area contributed by atoms with Gasteiger partial charge in [-0.1, -0.05) is 15.9 Å². The number of piperidine rings is 1. The maximum Gasteiger partial charge on any atom is 0.254 e. The summed E-state index contributed by atoms with van der Waals surface area (Å²) in [5.41, 5.74) is 0.353. The van der Waals surface area contributed by atoms with E-state index in [-0.39, 0.29) is 18.2 Å². The van der Waals surface area contributed by atoms with Crippen LogP contribution in [0.2, 0.25) is 0 Å². The smallest absolute Gasteiger partial charge is 0.254 e. The Morgan fingerprint density at radius 1 is 1.24 bits per heavy atom. The molecule has 2 aliphatic rings. The number of hydrogen-bond donors (Lipinski definition) is 0. The summed E-state index contributed by atoms with van der Waals surface area (Å²) in [6.45, 7) is 1.78. The number of amides is 1. The molecule has 1 unspecified atom stereocenters. The Kier molecular flexibility index (Phi) is 4.57. The van der Waals surface area contributed by atoms with E-state index in [9.17, 15) is 9.18 Å². The Morgan fingerprint density at radius 2 is 2.00 bits per heavy atom. The highest BCUT2D eigenvalue weighted by Crippen LogP contribution is 2.27. The molecule has 2 heterocycles. The first-order valence-electron chi connectivity index (χ1n) is 7.15. The molecule has 0 radical (unpaired) electrons. The monoisotopic (exact) mass is 357 g/mol.